The molecular weight excluding hydrogens is 278 g/mol. The van der Waals surface area contributed by atoms with Gasteiger partial charge in [0.2, 0.25) is 11.8 Å². The normalized spacial score (nSPS) is 23.0. The van der Waals surface area contributed by atoms with Crippen molar-refractivity contribution in [3.05, 3.63) is 35.4 Å². The Bertz CT molecular complexity index is 577. The summed E-state index contributed by atoms with van der Waals surface area (Å²) in [5.41, 5.74) is -0.895. The highest BCUT2D eigenvalue weighted by molar-refractivity contribution is 5.93. The lowest BCUT2D eigenvalue weighted by atomic mass is 9.97. The number of carbonyl (C=O) groups is 2. The van der Waals surface area contributed by atoms with Crippen LogP contribution >= 0.6 is 0 Å². The van der Waals surface area contributed by atoms with E-state index in [0.717, 1.165) is 18.2 Å². The number of amides is 2. The highest BCUT2D eigenvalue weighted by Gasteiger charge is 2.39. The first-order valence-electron chi connectivity index (χ1n) is 6.90. The Morgan fingerprint density at radius 2 is 2.05 bits per heavy atom. The van der Waals surface area contributed by atoms with Crippen LogP contribution in [0.25, 0.3) is 0 Å². The molecule has 1 fully saturated rings. The minimum absolute atomic E-state index is 0.0486. The molecule has 4 nitrogen and oxygen atoms in total. The van der Waals surface area contributed by atoms with Crippen LogP contribution in [0.3, 0.4) is 0 Å². The first-order valence-corrected chi connectivity index (χ1v) is 6.90. The van der Waals surface area contributed by atoms with Crippen molar-refractivity contribution >= 4 is 11.8 Å². The summed E-state index contributed by atoms with van der Waals surface area (Å²) < 4.78 is 26.9. The van der Waals surface area contributed by atoms with E-state index in [1.54, 1.807) is 13.8 Å². The molecule has 0 saturated carbocycles. The smallest absolute Gasteiger partial charge is 0.248 e. The average Bonchev–Trinajstić information content (AvgIpc) is 2.55. The Morgan fingerprint density at radius 3 is 2.71 bits per heavy atom. The summed E-state index contributed by atoms with van der Waals surface area (Å²) in [5.74, 6) is -1.61. The first kappa shape index (κ1) is 15.4. The third-order valence-electron chi connectivity index (χ3n) is 3.86. The van der Waals surface area contributed by atoms with Crippen LogP contribution in [-0.2, 0) is 16.1 Å². The summed E-state index contributed by atoms with van der Waals surface area (Å²) >= 11 is 0. The maximum atomic E-state index is 13.7. The van der Waals surface area contributed by atoms with Crippen LogP contribution in [0.4, 0.5) is 8.78 Å². The predicted molar refractivity (Wildman–Crippen MR) is 73.2 cm³/mol. The molecule has 21 heavy (non-hydrogen) atoms. The quantitative estimate of drug-likeness (QED) is 0.927. The Balaban J connectivity index is 2.27. The van der Waals surface area contributed by atoms with Crippen LogP contribution < -0.4 is 5.32 Å². The Kier molecular flexibility index (Phi) is 4.25. The van der Waals surface area contributed by atoms with E-state index in [-0.39, 0.29) is 36.9 Å². The molecular formula is C15H18F2N2O2. The van der Waals surface area contributed by atoms with Gasteiger partial charge in [-0.15, -0.1) is 0 Å². The second-order valence-electron chi connectivity index (χ2n) is 5.45. The van der Waals surface area contributed by atoms with Crippen LogP contribution in [0.1, 0.15) is 32.3 Å². The molecule has 1 heterocycles. The number of halogens is 2. The van der Waals surface area contributed by atoms with Crippen molar-refractivity contribution in [2.45, 2.75) is 38.8 Å². The van der Waals surface area contributed by atoms with Gasteiger partial charge in [-0.05, 0) is 31.5 Å². The van der Waals surface area contributed by atoms with Gasteiger partial charge in [-0.25, -0.2) is 8.78 Å². The highest BCUT2D eigenvalue weighted by Crippen LogP contribution is 2.21. The van der Waals surface area contributed by atoms with Crippen molar-refractivity contribution in [2.75, 3.05) is 6.54 Å². The number of carbonyl (C=O) groups excluding carboxylic acids is 2. The lowest BCUT2D eigenvalue weighted by Crippen LogP contribution is -2.54. The summed E-state index contributed by atoms with van der Waals surface area (Å²) in [5, 5.41) is 2.70. The van der Waals surface area contributed by atoms with E-state index in [9.17, 15) is 18.4 Å². The Morgan fingerprint density at radius 1 is 1.33 bits per heavy atom. The predicted octanol–water partition coefficient (Wildman–Crippen LogP) is 1.98. The van der Waals surface area contributed by atoms with Gasteiger partial charge < -0.3 is 10.2 Å². The molecule has 1 atom stereocenters. The van der Waals surface area contributed by atoms with E-state index >= 15 is 0 Å². The van der Waals surface area contributed by atoms with E-state index in [0.29, 0.717) is 6.42 Å². The van der Waals surface area contributed by atoms with Crippen LogP contribution in [0.2, 0.25) is 0 Å². The van der Waals surface area contributed by atoms with Crippen LogP contribution in [0.5, 0.6) is 0 Å². The molecule has 1 aromatic rings. The number of nitrogens with one attached hydrogen (secondary N) is 1. The average molecular weight is 296 g/mol. The van der Waals surface area contributed by atoms with Gasteiger partial charge in [-0.1, -0.05) is 6.92 Å². The molecule has 1 saturated heterocycles. The van der Waals surface area contributed by atoms with Crippen molar-refractivity contribution in [2.24, 2.45) is 0 Å². The zero-order valence-corrected chi connectivity index (χ0v) is 12.1. The van der Waals surface area contributed by atoms with Crippen LogP contribution in [-0.4, -0.2) is 28.8 Å². The molecule has 0 radical (unpaired) electrons. The zero-order chi connectivity index (χ0) is 15.6. The topological polar surface area (TPSA) is 49.4 Å². The van der Waals surface area contributed by atoms with Gasteiger partial charge in [0, 0.05) is 25.1 Å². The molecule has 1 aliphatic rings. The van der Waals surface area contributed by atoms with E-state index < -0.39 is 17.2 Å². The molecule has 1 N–H and O–H groups in total. The summed E-state index contributed by atoms with van der Waals surface area (Å²) in [6.45, 7) is 3.58. The van der Waals surface area contributed by atoms with E-state index in [4.69, 9.17) is 0 Å². The number of hydrogen-bond acceptors (Lipinski definition) is 2. The van der Waals surface area contributed by atoms with Crippen molar-refractivity contribution < 1.29 is 18.4 Å². The van der Waals surface area contributed by atoms with Gasteiger partial charge in [0.25, 0.3) is 0 Å². The molecule has 0 aliphatic carbocycles. The van der Waals surface area contributed by atoms with E-state index in [1.165, 1.54) is 4.90 Å². The standard InChI is InChI=1S/C15H18F2N2O2/c1-3-15(2)14(21)19(7-6-13(20)18-15)9-10-8-11(16)4-5-12(10)17/h4-5,8H,3,6-7,9H2,1-2H3,(H,18,20). The lowest BCUT2D eigenvalue weighted by Gasteiger charge is -2.31. The largest absolute Gasteiger partial charge is 0.342 e. The van der Waals surface area contributed by atoms with Crippen molar-refractivity contribution in [3.8, 4) is 0 Å². The Hall–Kier alpha value is -1.98. The molecule has 1 aliphatic heterocycles. The monoisotopic (exact) mass is 296 g/mol. The number of rotatable bonds is 3. The van der Waals surface area contributed by atoms with Gasteiger partial charge in [-0.3, -0.25) is 9.59 Å². The third-order valence-corrected chi connectivity index (χ3v) is 3.86. The van der Waals surface area contributed by atoms with E-state index in [1.807, 2.05) is 0 Å². The van der Waals surface area contributed by atoms with Crippen molar-refractivity contribution in [3.63, 3.8) is 0 Å². The summed E-state index contributed by atoms with van der Waals surface area (Å²) in [4.78, 5) is 25.6. The zero-order valence-electron chi connectivity index (χ0n) is 12.1. The first-order chi connectivity index (χ1) is 9.85. The van der Waals surface area contributed by atoms with Crippen molar-refractivity contribution in [1.82, 2.24) is 10.2 Å². The minimum Gasteiger partial charge on any atom is -0.342 e. The molecule has 2 rings (SSSR count). The number of benzene rings is 1. The van der Waals surface area contributed by atoms with Crippen LogP contribution in [0.15, 0.2) is 18.2 Å². The maximum absolute atomic E-state index is 13.7. The number of nitrogens with zero attached hydrogens (tertiary/aromatic N) is 1. The Labute approximate surface area is 122 Å². The SMILES string of the molecule is CCC1(C)NC(=O)CCN(Cc2cc(F)ccc2F)C1=O. The fraction of sp³-hybridized carbons (Fsp3) is 0.467. The second kappa shape index (κ2) is 5.79. The fourth-order valence-corrected chi connectivity index (χ4v) is 2.37. The van der Waals surface area contributed by atoms with Gasteiger partial charge >= 0.3 is 0 Å². The highest BCUT2D eigenvalue weighted by atomic mass is 19.1. The second-order valence-corrected chi connectivity index (χ2v) is 5.45. The van der Waals surface area contributed by atoms with E-state index in [2.05, 4.69) is 5.32 Å². The molecule has 1 aromatic carbocycles. The molecule has 0 bridgehead atoms. The molecule has 0 aromatic heterocycles. The summed E-state index contributed by atoms with van der Waals surface area (Å²) in [6.07, 6.45) is 0.581. The molecule has 0 spiro atoms. The summed E-state index contributed by atoms with van der Waals surface area (Å²) in [6, 6.07) is 3.14. The van der Waals surface area contributed by atoms with Gasteiger partial charge in [-0.2, -0.15) is 0 Å². The maximum Gasteiger partial charge on any atom is 0.248 e. The van der Waals surface area contributed by atoms with Gasteiger partial charge in [0.05, 0.1) is 0 Å². The summed E-state index contributed by atoms with van der Waals surface area (Å²) in [7, 11) is 0. The fourth-order valence-electron chi connectivity index (χ4n) is 2.37. The van der Waals surface area contributed by atoms with Gasteiger partial charge in [0.1, 0.15) is 17.2 Å². The van der Waals surface area contributed by atoms with Crippen LogP contribution in [0, 0.1) is 11.6 Å². The van der Waals surface area contributed by atoms with Gasteiger partial charge in [0.15, 0.2) is 0 Å². The molecule has 6 heteroatoms. The molecule has 114 valence electrons. The third kappa shape index (κ3) is 3.20. The lowest BCUT2D eigenvalue weighted by molar-refractivity contribution is -0.138. The van der Waals surface area contributed by atoms with Crippen molar-refractivity contribution in [1.29, 1.82) is 0 Å². The molecule has 1 unspecified atom stereocenters. The minimum atomic E-state index is -1.00. The number of hydrogen-bond donors (Lipinski definition) is 1. The molecule has 2 amide bonds.